The minimum Gasteiger partial charge on any atom is -0.324 e. The van der Waals surface area contributed by atoms with Crippen molar-refractivity contribution in [3.63, 3.8) is 0 Å². The number of aromatic amines is 3. The molecule has 4 aromatic carbocycles. The third kappa shape index (κ3) is 4.27. The van der Waals surface area contributed by atoms with Crippen molar-refractivity contribution in [3.05, 3.63) is 115 Å². The van der Waals surface area contributed by atoms with Crippen LogP contribution in [0, 0.1) is 87.3 Å². The van der Waals surface area contributed by atoms with E-state index in [2.05, 4.69) is 29.9 Å². The third-order valence-electron chi connectivity index (χ3n) is 8.81. The minimum atomic E-state index is -2.62. The molecular weight excluding hydrogens is 800 g/mol. The summed E-state index contributed by atoms with van der Waals surface area (Å²) in [5.74, 6) is -41.5. The van der Waals surface area contributed by atoms with Crippen molar-refractivity contribution in [2.45, 2.75) is 0 Å². The number of nitrogens with one attached hydrogen (secondary N) is 3. The van der Waals surface area contributed by atoms with Crippen molar-refractivity contribution < 1.29 is 70.3 Å². The first-order valence-corrected chi connectivity index (χ1v) is 14.8. The van der Waals surface area contributed by atoms with Gasteiger partial charge in [-0.1, -0.05) is 4.48 Å². The Bertz CT molecular complexity index is 3450. The van der Waals surface area contributed by atoms with E-state index in [1.54, 1.807) is 0 Å². The molecule has 0 unspecified atom stereocenters. The second-order valence-corrected chi connectivity index (χ2v) is 11.8. The molecule has 8 aromatic rings. The number of fused-ring (bicyclic) bond motifs is 20. The van der Waals surface area contributed by atoms with Crippen LogP contribution in [-0.2, 0) is 0 Å². The summed E-state index contributed by atoms with van der Waals surface area (Å²) >= 11 is 0. The van der Waals surface area contributed by atoms with Crippen molar-refractivity contribution in [2.24, 2.45) is 20.0 Å². The molecule has 5 heterocycles. The van der Waals surface area contributed by atoms with Crippen LogP contribution in [0.1, 0.15) is 0 Å². The van der Waals surface area contributed by atoms with E-state index in [9.17, 15) is 35.1 Å². The van der Waals surface area contributed by atoms with Crippen LogP contribution in [-0.4, -0.2) is 19.7 Å². The van der Waals surface area contributed by atoms with Gasteiger partial charge in [0.1, 0.15) is 33.6 Å². The molecule has 0 saturated carbocycles. The Kier molecular flexibility index (Phi) is 7.05. The molecule has 284 valence electrons. The van der Waals surface area contributed by atoms with Gasteiger partial charge in [-0.2, -0.15) is 0 Å². The molecule has 0 amide bonds. The molecule has 0 aliphatic carbocycles. The van der Waals surface area contributed by atoms with E-state index in [0.29, 0.717) is 0 Å². The number of benzene rings is 4. The lowest BCUT2D eigenvalue weighted by Gasteiger charge is -2.02. The molecule has 0 saturated heterocycles. The van der Waals surface area contributed by atoms with Crippen LogP contribution in [0.2, 0.25) is 0 Å². The summed E-state index contributed by atoms with van der Waals surface area (Å²) < 4.78 is 241. The Labute approximate surface area is 292 Å². The molecule has 3 N–H and O–H groups in total. The van der Waals surface area contributed by atoms with E-state index in [0.717, 1.165) is 0 Å². The lowest BCUT2D eigenvalue weighted by Crippen LogP contribution is -2.11. The highest BCUT2D eigenvalue weighted by atomic mass is 19.2. The van der Waals surface area contributed by atoms with Crippen molar-refractivity contribution in [1.29, 1.82) is 0 Å². The average molecular weight is 804 g/mol. The van der Waals surface area contributed by atoms with E-state index in [1.165, 1.54) is 0 Å². The average Bonchev–Trinajstić information content (AvgIpc) is 3.89. The van der Waals surface area contributed by atoms with Crippen LogP contribution in [0.3, 0.4) is 0 Å². The predicted octanol–water partition coefficient (Wildman–Crippen LogP) is 8.02. The molecule has 0 fully saturated rings. The highest BCUT2D eigenvalue weighted by molar-refractivity contribution is 6.02. The molecular formula is C32H4F16N8. The van der Waals surface area contributed by atoms with Gasteiger partial charge in [-0.3, -0.25) is 0 Å². The molecule has 8 bridgehead atoms. The van der Waals surface area contributed by atoms with Gasteiger partial charge >= 0.3 is 0 Å². The fourth-order valence-electron chi connectivity index (χ4n) is 6.37. The number of aromatic nitrogens is 4. The van der Waals surface area contributed by atoms with Gasteiger partial charge in [0.05, 0.1) is 37.7 Å². The molecule has 0 radical (unpaired) electrons. The topological polar surface area (TPSA) is 102 Å². The lowest BCUT2D eigenvalue weighted by atomic mass is 10.1. The van der Waals surface area contributed by atoms with Gasteiger partial charge in [-0.05, 0) is 6.07 Å². The van der Waals surface area contributed by atoms with E-state index in [4.69, 9.17) is 0 Å². The van der Waals surface area contributed by atoms with Crippen LogP contribution in [0.25, 0.3) is 43.1 Å². The van der Waals surface area contributed by atoms with E-state index in [1.807, 2.05) is 4.98 Å². The second kappa shape index (κ2) is 11.3. The minimum absolute atomic E-state index is 0.198. The molecule has 4 aromatic heterocycles. The third-order valence-corrected chi connectivity index (χ3v) is 8.81. The summed E-state index contributed by atoms with van der Waals surface area (Å²) in [5.41, 5.74) is -4.96. The number of nitrogens with zero attached hydrogens (tertiary/aromatic N) is 5. The number of hydrogen-bond donors (Lipinski definition) is 3. The van der Waals surface area contributed by atoms with Crippen LogP contribution in [0.5, 0.6) is 0 Å². The molecule has 24 heteroatoms. The maximum absolute atomic E-state index is 16.4. The van der Waals surface area contributed by atoms with E-state index >= 15 is 35.2 Å². The fourth-order valence-corrected chi connectivity index (χ4v) is 6.37. The quantitative estimate of drug-likeness (QED) is 0.0787. The first-order valence-electron chi connectivity index (χ1n) is 14.8. The van der Waals surface area contributed by atoms with E-state index in [-0.39, 0.29) is 6.07 Å². The van der Waals surface area contributed by atoms with Crippen molar-refractivity contribution in [2.75, 3.05) is 0 Å². The number of H-pyrrole nitrogens is 3. The largest absolute Gasteiger partial charge is 0.324 e. The smallest absolute Gasteiger partial charge is 0.198 e. The van der Waals surface area contributed by atoms with Gasteiger partial charge in [-0.15, -0.1) is 4.79 Å². The summed E-state index contributed by atoms with van der Waals surface area (Å²) in [6, 6.07) is 0.198. The first kappa shape index (κ1) is 34.9. The van der Waals surface area contributed by atoms with Crippen LogP contribution in [0.4, 0.5) is 93.6 Å². The van der Waals surface area contributed by atoms with Crippen LogP contribution < -0.4 is 22.0 Å². The van der Waals surface area contributed by atoms with Crippen LogP contribution >= 0.6 is 0 Å². The highest BCUT2D eigenvalue weighted by Gasteiger charge is 2.33. The molecule has 0 spiro atoms. The van der Waals surface area contributed by atoms with Crippen LogP contribution in [0.15, 0.2) is 26.0 Å². The number of rotatable bonds is 0. The summed E-state index contributed by atoms with van der Waals surface area (Å²) in [6.07, 6.45) is 0. The molecule has 8 nitrogen and oxygen atoms in total. The van der Waals surface area contributed by atoms with Gasteiger partial charge in [0, 0.05) is 5.39 Å². The zero-order valence-corrected chi connectivity index (χ0v) is 25.9. The number of halogens is 16. The molecule has 1 aliphatic heterocycles. The highest BCUT2D eigenvalue weighted by Crippen LogP contribution is 2.43. The van der Waals surface area contributed by atoms with Crippen molar-refractivity contribution >= 4 is 66.4 Å². The maximum atomic E-state index is 16.4. The molecule has 9 rings (SSSR count). The molecule has 0 atom stereocenters. The summed E-state index contributed by atoms with van der Waals surface area (Å²) in [4.78, 5) is 19.5. The van der Waals surface area contributed by atoms with E-state index < -0.39 is 180 Å². The van der Waals surface area contributed by atoms with Gasteiger partial charge in [0.15, 0.2) is 98.9 Å². The van der Waals surface area contributed by atoms with Gasteiger partial charge in [0.2, 0.25) is 0 Å². The van der Waals surface area contributed by atoms with Gasteiger partial charge in [0.25, 0.3) is 0 Å². The Hall–Kier alpha value is -6.88. The Morgan fingerprint density at radius 3 is 1.14 bits per heavy atom. The summed E-state index contributed by atoms with van der Waals surface area (Å²) in [5, 5.41) is -11.3. The van der Waals surface area contributed by atoms with Gasteiger partial charge < -0.3 is 15.0 Å². The number of hydrogen-bond acceptors (Lipinski definition) is 4. The standard InChI is InChI=1S/C32H4F16N8/c33-3-1-2-4(12(35)11(3)34)26-49-25(2)50-27-5-6(14(37)20(43)19(42)13(5)36)28(51-27)52-29-7-8(16(39)22(45)21(44)15(7)38)30(53-29)55-32-10-9(31(54-26)56(32)48)17(40)23(46)24(47)18(10)41/h1H,(H3,49,50,51,52,53,54,55). The molecule has 56 heavy (non-hydrogen) atoms. The normalized spacial score (nSPS) is 12.9. The lowest BCUT2D eigenvalue weighted by molar-refractivity contribution is 0.381. The summed E-state index contributed by atoms with van der Waals surface area (Å²) in [7, 11) is 0. The monoisotopic (exact) mass is 804 g/mol. The molecule has 1 aliphatic rings. The zero-order valence-electron chi connectivity index (χ0n) is 25.9. The predicted molar refractivity (Wildman–Crippen MR) is 156 cm³/mol. The first-order chi connectivity index (χ1) is 26.4. The Morgan fingerprint density at radius 2 is 0.679 bits per heavy atom. The SMILES string of the molecule is Fc1cc2c3[nH]c(c2c(F)c1F)=Nc1c2c(F)c(F)c(F)c(F)c2c(n1F)N=c1[nH]c(c2c(F)c(F)c(F)c(F)c12)=Nc1[nH]c(c2c(F)c(F)c(F)c(F)c12)N=3. The van der Waals surface area contributed by atoms with Crippen molar-refractivity contribution in [1.82, 2.24) is 19.7 Å². The second-order valence-electron chi connectivity index (χ2n) is 11.8. The zero-order chi connectivity index (χ0) is 40.1. The summed E-state index contributed by atoms with van der Waals surface area (Å²) in [6.45, 7) is 0. The van der Waals surface area contributed by atoms with Crippen molar-refractivity contribution in [3.8, 4) is 0 Å². The van der Waals surface area contributed by atoms with Gasteiger partial charge in [-0.25, -0.2) is 85.8 Å². The Morgan fingerprint density at radius 1 is 0.339 bits per heavy atom. The maximum Gasteiger partial charge on any atom is 0.198 e. The Balaban J connectivity index is 1.63. The fraction of sp³-hybridized carbons (Fsp3) is 0.